The topological polar surface area (TPSA) is 84.3 Å². The van der Waals surface area contributed by atoms with Gasteiger partial charge in [0.15, 0.2) is 0 Å². The fourth-order valence-corrected chi connectivity index (χ4v) is 2.58. The normalized spacial score (nSPS) is 27.4. The Morgan fingerprint density at radius 3 is 3.00 bits per heavy atom. The van der Waals surface area contributed by atoms with Gasteiger partial charge in [-0.05, 0) is 25.7 Å². The molecule has 0 amide bonds. The number of rotatable bonds is 4. The number of hydrogen-bond donors (Lipinski definition) is 2. The molecule has 4 atom stereocenters. The third-order valence-corrected chi connectivity index (χ3v) is 3.69. The highest BCUT2D eigenvalue weighted by Gasteiger charge is 2.37. The van der Waals surface area contributed by atoms with E-state index < -0.39 is 18.0 Å². The maximum Gasteiger partial charge on any atom is 0.330 e. The Balaban J connectivity index is 2.24. The summed E-state index contributed by atoms with van der Waals surface area (Å²) in [4.78, 5) is 25.5. The first-order valence-electron chi connectivity index (χ1n) is 6.70. The summed E-state index contributed by atoms with van der Waals surface area (Å²) in [6.07, 6.45) is 2.78. The monoisotopic (exact) mass is 280 g/mol. The second kappa shape index (κ2) is 5.76. The molecule has 2 N–H and O–H groups in total. The van der Waals surface area contributed by atoms with E-state index in [0.717, 1.165) is 0 Å². The second-order valence-electron chi connectivity index (χ2n) is 5.34. The number of aliphatic hydroxyl groups excluding tert-OH is 1. The summed E-state index contributed by atoms with van der Waals surface area (Å²) in [6, 6.07) is 0. The minimum atomic E-state index is -0.632. The fraction of sp³-hybridized carbons (Fsp3) is 0.571. The van der Waals surface area contributed by atoms with Crippen molar-refractivity contribution in [3.8, 4) is 0 Å². The van der Waals surface area contributed by atoms with Gasteiger partial charge in [-0.1, -0.05) is 13.0 Å². The van der Waals surface area contributed by atoms with E-state index in [-0.39, 0.29) is 17.6 Å². The average Bonchev–Trinajstić information content (AvgIpc) is 2.76. The van der Waals surface area contributed by atoms with Gasteiger partial charge in [0.2, 0.25) is 0 Å². The van der Waals surface area contributed by atoms with E-state index >= 15 is 0 Å². The molecule has 0 bridgehead atoms. The number of aromatic amines is 1. The molecule has 2 rings (SSSR count). The van der Waals surface area contributed by atoms with E-state index in [0.29, 0.717) is 18.4 Å². The molecule has 1 fully saturated rings. The average molecular weight is 280 g/mol. The van der Waals surface area contributed by atoms with Gasteiger partial charge in [0.05, 0.1) is 12.2 Å². The molecule has 0 saturated carbocycles. The Kier molecular flexibility index (Phi) is 4.25. The minimum Gasteiger partial charge on any atom is -0.390 e. The van der Waals surface area contributed by atoms with Crippen LogP contribution in [0.1, 0.15) is 31.6 Å². The summed E-state index contributed by atoms with van der Waals surface area (Å²) < 4.78 is 7.18. The molecule has 6 heteroatoms. The first-order valence-corrected chi connectivity index (χ1v) is 6.70. The molecule has 0 spiro atoms. The summed E-state index contributed by atoms with van der Waals surface area (Å²) in [5.74, 6) is 0.120. The molecule has 6 nitrogen and oxygen atoms in total. The van der Waals surface area contributed by atoms with Crippen molar-refractivity contribution in [2.24, 2.45) is 5.92 Å². The predicted molar refractivity (Wildman–Crippen MR) is 74.6 cm³/mol. The van der Waals surface area contributed by atoms with Gasteiger partial charge in [-0.25, -0.2) is 4.79 Å². The Bertz CT molecular complexity index is 604. The highest BCUT2D eigenvalue weighted by Crippen LogP contribution is 2.34. The van der Waals surface area contributed by atoms with Gasteiger partial charge in [0, 0.05) is 11.8 Å². The predicted octanol–water partition coefficient (Wildman–Crippen LogP) is 0.706. The lowest BCUT2D eigenvalue weighted by Crippen LogP contribution is -2.34. The van der Waals surface area contributed by atoms with Crippen molar-refractivity contribution in [3.05, 3.63) is 45.3 Å². The van der Waals surface area contributed by atoms with Gasteiger partial charge in [0.1, 0.15) is 6.23 Å². The van der Waals surface area contributed by atoms with Gasteiger partial charge < -0.3 is 9.84 Å². The van der Waals surface area contributed by atoms with Crippen molar-refractivity contribution >= 4 is 0 Å². The van der Waals surface area contributed by atoms with Gasteiger partial charge in [-0.3, -0.25) is 14.3 Å². The van der Waals surface area contributed by atoms with Crippen LogP contribution in [0.4, 0.5) is 0 Å². The van der Waals surface area contributed by atoms with Crippen molar-refractivity contribution < 1.29 is 9.84 Å². The van der Waals surface area contributed by atoms with Gasteiger partial charge in [0.25, 0.3) is 5.56 Å². The Labute approximate surface area is 116 Å². The number of ether oxygens (including phenoxy) is 1. The van der Waals surface area contributed by atoms with Gasteiger partial charge >= 0.3 is 5.69 Å². The largest absolute Gasteiger partial charge is 0.390 e. The maximum absolute atomic E-state index is 11.8. The number of hydrogen-bond acceptors (Lipinski definition) is 4. The van der Waals surface area contributed by atoms with E-state index in [1.807, 2.05) is 6.92 Å². The van der Waals surface area contributed by atoms with Crippen molar-refractivity contribution in [2.45, 2.75) is 45.1 Å². The highest BCUT2D eigenvalue weighted by molar-refractivity contribution is 5.02. The molecule has 1 aliphatic rings. The van der Waals surface area contributed by atoms with Crippen LogP contribution in [-0.2, 0) is 4.74 Å². The molecule has 0 aliphatic carbocycles. The first kappa shape index (κ1) is 14.7. The third-order valence-electron chi connectivity index (χ3n) is 3.69. The second-order valence-corrected chi connectivity index (χ2v) is 5.34. The van der Waals surface area contributed by atoms with Crippen LogP contribution in [-0.4, -0.2) is 26.9 Å². The maximum atomic E-state index is 11.8. The summed E-state index contributed by atoms with van der Waals surface area (Å²) in [7, 11) is 0. The van der Waals surface area contributed by atoms with Crippen LogP contribution in [0.2, 0.25) is 0 Å². The molecule has 0 unspecified atom stereocenters. The van der Waals surface area contributed by atoms with Crippen LogP contribution in [0.25, 0.3) is 0 Å². The smallest absolute Gasteiger partial charge is 0.330 e. The zero-order valence-electron chi connectivity index (χ0n) is 11.7. The van der Waals surface area contributed by atoms with Gasteiger partial charge in [-0.2, -0.15) is 0 Å². The van der Waals surface area contributed by atoms with E-state index in [2.05, 4.69) is 11.6 Å². The highest BCUT2D eigenvalue weighted by atomic mass is 16.5. The van der Waals surface area contributed by atoms with Crippen molar-refractivity contribution in [1.82, 2.24) is 9.55 Å². The molecular formula is C14H20N2O4. The van der Waals surface area contributed by atoms with Crippen molar-refractivity contribution in [2.75, 3.05) is 0 Å². The molecule has 1 aromatic heterocycles. The lowest BCUT2D eigenvalue weighted by Gasteiger charge is -2.21. The Hall–Kier alpha value is -1.66. The van der Waals surface area contributed by atoms with Crippen LogP contribution in [0.3, 0.4) is 0 Å². The number of nitrogens with zero attached hydrogens (tertiary/aromatic N) is 1. The van der Waals surface area contributed by atoms with Crippen LogP contribution in [0.5, 0.6) is 0 Å². The zero-order valence-corrected chi connectivity index (χ0v) is 11.7. The summed E-state index contributed by atoms with van der Waals surface area (Å²) in [5.41, 5.74) is -0.423. The van der Waals surface area contributed by atoms with E-state index in [4.69, 9.17) is 4.74 Å². The first-order chi connectivity index (χ1) is 9.43. The Morgan fingerprint density at radius 2 is 2.35 bits per heavy atom. The van der Waals surface area contributed by atoms with Crippen LogP contribution < -0.4 is 11.2 Å². The van der Waals surface area contributed by atoms with Crippen molar-refractivity contribution in [1.29, 1.82) is 0 Å². The summed E-state index contributed by atoms with van der Waals surface area (Å²) >= 11 is 0. The van der Waals surface area contributed by atoms with Crippen LogP contribution in [0, 0.1) is 12.8 Å². The lowest BCUT2D eigenvalue weighted by molar-refractivity contribution is -0.0674. The lowest BCUT2D eigenvalue weighted by atomic mass is 9.97. The quantitative estimate of drug-likeness (QED) is 0.795. The zero-order chi connectivity index (χ0) is 14.9. The molecule has 2 heterocycles. The van der Waals surface area contributed by atoms with E-state index in [1.165, 1.54) is 10.8 Å². The Morgan fingerprint density at radius 1 is 1.65 bits per heavy atom. The summed E-state index contributed by atoms with van der Waals surface area (Å²) in [6.45, 7) is 7.21. The number of aryl methyl sites for hydroxylation is 1. The van der Waals surface area contributed by atoms with Crippen LogP contribution >= 0.6 is 0 Å². The molecule has 0 radical (unpaired) electrons. The molecule has 0 aromatic carbocycles. The van der Waals surface area contributed by atoms with E-state index in [9.17, 15) is 14.7 Å². The molecule has 20 heavy (non-hydrogen) atoms. The molecular weight excluding hydrogens is 260 g/mol. The van der Waals surface area contributed by atoms with Crippen molar-refractivity contribution in [3.63, 3.8) is 0 Å². The standard InChI is InChI=1S/C14H20N2O4/c1-4-5-10(17)12-8(2)6-11(20-12)16-7-9(3)13(18)15-14(16)19/h4,7-8,10-12,17H,1,5-6H2,2-3H3,(H,15,18,19)/t8-,10+,11+,12-/m0/s1. The third kappa shape index (κ3) is 2.76. The van der Waals surface area contributed by atoms with Crippen LogP contribution in [0.15, 0.2) is 28.4 Å². The summed E-state index contributed by atoms with van der Waals surface area (Å²) in [5, 5.41) is 10.0. The molecule has 1 saturated heterocycles. The molecule has 110 valence electrons. The number of aliphatic hydroxyl groups is 1. The number of H-pyrrole nitrogens is 1. The minimum absolute atomic E-state index is 0.120. The number of aromatic nitrogens is 2. The SMILES string of the molecule is C=CC[C@@H](O)[C@H]1O[C@@H](n2cc(C)c(=O)[nH]c2=O)C[C@@H]1C. The molecule has 1 aliphatic heterocycles. The van der Waals surface area contributed by atoms with Gasteiger partial charge in [-0.15, -0.1) is 6.58 Å². The number of nitrogens with one attached hydrogen (secondary N) is 1. The molecule has 1 aromatic rings. The fourth-order valence-electron chi connectivity index (χ4n) is 2.58. The van der Waals surface area contributed by atoms with E-state index in [1.54, 1.807) is 13.0 Å².